The number of hydrogen-bond donors (Lipinski definition) is 1. The molecular weight excluding hydrogens is 248 g/mol. The highest BCUT2D eigenvalue weighted by atomic mass is 16.5. The van der Waals surface area contributed by atoms with Crippen LogP contribution in [0.3, 0.4) is 0 Å². The van der Waals surface area contributed by atoms with E-state index >= 15 is 0 Å². The molecule has 0 radical (unpaired) electrons. The lowest BCUT2D eigenvalue weighted by molar-refractivity contribution is 0.175. The maximum atomic E-state index is 5.24. The normalized spacial score (nSPS) is 18.9. The second-order valence-electron chi connectivity index (χ2n) is 5.87. The summed E-state index contributed by atoms with van der Waals surface area (Å²) in [5.74, 6) is 1.82. The Balaban J connectivity index is 1.98. The molecule has 0 spiro atoms. The van der Waals surface area contributed by atoms with Gasteiger partial charge in [0, 0.05) is 12.6 Å². The lowest BCUT2D eigenvalue weighted by atomic mass is 9.98. The van der Waals surface area contributed by atoms with Gasteiger partial charge in [0.05, 0.1) is 7.11 Å². The number of hydrogen-bond acceptors (Lipinski definition) is 3. The standard InChI is InChI=1S/C17H28N2O/c1-4-18-17(13-19-11-9-14(2)10-12-19)15-5-7-16(20-3)8-6-15/h5-8,14,17-18H,4,9-13H2,1-3H3. The SMILES string of the molecule is CCNC(CN1CCC(C)CC1)c1ccc(OC)cc1. The predicted octanol–water partition coefficient (Wildman–Crippen LogP) is 3.08. The number of methoxy groups -OCH3 is 1. The zero-order valence-electron chi connectivity index (χ0n) is 13.1. The topological polar surface area (TPSA) is 24.5 Å². The van der Waals surface area contributed by atoms with Gasteiger partial charge in [0.15, 0.2) is 0 Å². The van der Waals surface area contributed by atoms with E-state index in [0.717, 1.165) is 24.8 Å². The fraction of sp³-hybridized carbons (Fsp3) is 0.647. The second kappa shape index (κ2) is 7.65. The van der Waals surface area contributed by atoms with Crippen molar-refractivity contribution in [3.8, 4) is 5.75 Å². The summed E-state index contributed by atoms with van der Waals surface area (Å²) < 4.78 is 5.24. The van der Waals surface area contributed by atoms with E-state index in [1.807, 2.05) is 0 Å². The molecule has 1 unspecified atom stereocenters. The van der Waals surface area contributed by atoms with Gasteiger partial charge in [-0.2, -0.15) is 0 Å². The molecule has 112 valence electrons. The van der Waals surface area contributed by atoms with Crippen LogP contribution in [0.4, 0.5) is 0 Å². The van der Waals surface area contributed by atoms with Crippen molar-refractivity contribution < 1.29 is 4.74 Å². The van der Waals surface area contributed by atoms with Crippen molar-refractivity contribution in [2.75, 3.05) is 33.3 Å². The molecule has 20 heavy (non-hydrogen) atoms. The molecule has 1 N–H and O–H groups in total. The molecule has 2 rings (SSSR count). The molecule has 0 saturated carbocycles. The number of nitrogens with zero attached hydrogens (tertiary/aromatic N) is 1. The van der Waals surface area contributed by atoms with E-state index in [9.17, 15) is 0 Å². The summed E-state index contributed by atoms with van der Waals surface area (Å²) in [5, 5.41) is 3.61. The number of likely N-dealkylation sites (N-methyl/N-ethyl adjacent to an activating group) is 1. The molecule has 0 aromatic heterocycles. The van der Waals surface area contributed by atoms with Gasteiger partial charge in [-0.3, -0.25) is 0 Å². The van der Waals surface area contributed by atoms with Crippen molar-refractivity contribution in [3.05, 3.63) is 29.8 Å². The molecule has 3 heteroatoms. The molecule has 1 aliphatic rings. The number of ether oxygens (including phenoxy) is 1. The fourth-order valence-corrected chi connectivity index (χ4v) is 2.87. The van der Waals surface area contributed by atoms with Crippen LogP contribution in [0, 0.1) is 5.92 Å². The van der Waals surface area contributed by atoms with E-state index in [4.69, 9.17) is 4.74 Å². The summed E-state index contributed by atoms with van der Waals surface area (Å²) in [5.41, 5.74) is 1.35. The van der Waals surface area contributed by atoms with Gasteiger partial charge < -0.3 is 15.0 Å². The summed E-state index contributed by atoms with van der Waals surface area (Å²) in [6.07, 6.45) is 2.67. The monoisotopic (exact) mass is 276 g/mol. The van der Waals surface area contributed by atoms with Gasteiger partial charge in [-0.25, -0.2) is 0 Å². The highest BCUT2D eigenvalue weighted by Crippen LogP contribution is 2.22. The first-order valence-electron chi connectivity index (χ1n) is 7.82. The number of nitrogens with one attached hydrogen (secondary N) is 1. The summed E-state index contributed by atoms with van der Waals surface area (Å²) >= 11 is 0. The van der Waals surface area contributed by atoms with Crippen molar-refractivity contribution in [2.45, 2.75) is 32.7 Å². The molecule has 0 aliphatic carbocycles. The molecule has 0 amide bonds. The maximum absolute atomic E-state index is 5.24. The molecule has 1 atom stereocenters. The van der Waals surface area contributed by atoms with Crippen LogP contribution >= 0.6 is 0 Å². The first-order valence-corrected chi connectivity index (χ1v) is 7.82. The lowest BCUT2D eigenvalue weighted by Gasteiger charge is -2.33. The molecule has 1 aromatic carbocycles. The van der Waals surface area contributed by atoms with Crippen LogP contribution in [-0.4, -0.2) is 38.2 Å². The third kappa shape index (κ3) is 4.22. The Labute approximate surface area is 123 Å². The number of benzene rings is 1. The Hall–Kier alpha value is -1.06. The second-order valence-corrected chi connectivity index (χ2v) is 5.87. The Morgan fingerprint density at radius 2 is 1.90 bits per heavy atom. The molecule has 1 aromatic rings. The zero-order valence-corrected chi connectivity index (χ0v) is 13.1. The third-order valence-electron chi connectivity index (χ3n) is 4.29. The summed E-state index contributed by atoms with van der Waals surface area (Å²) in [4.78, 5) is 2.59. The van der Waals surface area contributed by atoms with Crippen LogP contribution in [-0.2, 0) is 0 Å². The average molecular weight is 276 g/mol. The van der Waals surface area contributed by atoms with Crippen LogP contribution in [0.2, 0.25) is 0 Å². The third-order valence-corrected chi connectivity index (χ3v) is 4.29. The Bertz CT molecular complexity index is 382. The smallest absolute Gasteiger partial charge is 0.118 e. The number of likely N-dealkylation sites (tertiary alicyclic amines) is 1. The Morgan fingerprint density at radius 1 is 1.25 bits per heavy atom. The molecule has 1 fully saturated rings. The Kier molecular flexibility index (Phi) is 5.86. The fourth-order valence-electron chi connectivity index (χ4n) is 2.87. The van der Waals surface area contributed by atoms with E-state index in [0.29, 0.717) is 6.04 Å². The van der Waals surface area contributed by atoms with Crippen LogP contribution in [0.5, 0.6) is 5.75 Å². The van der Waals surface area contributed by atoms with E-state index in [1.165, 1.54) is 31.5 Å². The van der Waals surface area contributed by atoms with Crippen molar-refractivity contribution in [3.63, 3.8) is 0 Å². The first-order chi connectivity index (χ1) is 9.72. The molecular formula is C17H28N2O. The highest BCUT2D eigenvalue weighted by molar-refractivity contribution is 5.29. The van der Waals surface area contributed by atoms with Crippen LogP contribution in [0.1, 0.15) is 38.3 Å². The summed E-state index contributed by atoms with van der Waals surface area (Å²) in [7, 11) is 1.71. The highest BCUT2D eigenvalue weighted by Gasteiger charge is 2.20. The van der Waals surface area contributed by atoms with Gasteiger partial charge in [-0.05, 0) is 56.1 Å². The van der Waals surface area contributed by atoms with Crippen LogP contribution < -0.4 is 10.1 Å². The van der Waals surface area contributed by atoms with E-state index in [2.05, 4.69) is 48.3 Å². The van der Waals surface area contributed by atoms with E-state index in [-0.39, 0.29) is 0 Å². The van der Waals surface area contributed by atoms with E-state index < -0.39 is 0 Å². The van der Waals surface area contributed by atoms with Gasteiger partial charge in [0.2, 0.25) is 0 Å². The lowest BCUT2D eigenvalue weighted by Crippen LogP contribution is -2.39. The average Bonchev–Trinajstić information content (AvgIpc) is 2.49. The van der Waals surface area contributed by atoms with Gasteiger partial charge in [0.25, 0.3) is 0 Å². The number of piperidine rings is 1. The van der Waals surface area contributed by atoms with Crippen molar-refractivity contribution in [1.29, 1.82) is 0 Å². The van der Waals surface area contributed by atoms with Crippen molar-refractivity contribution in [2.24, 2.45) is 5.92 Å². The largest absolute Gasteiger partial charge is 0.497 e. The van der Waals surface area contributed by atoms with Crippen molar-refractivity contribution >= 4 is 0 Å². The maximum Gasteiger partial charge on any atom is 0.118 e. The number of rotatable bonds is 6. The minimum Gasteiger partial charge on any atom is -0.497 e. The van der Waals surface area contributed by atoms with Crippen molar-refractivity contribution in [1.82, 2.24) is 10.2 Å². The minimum absolute atomic E-state index is 0.416. The zero-order chi connectivity index (χ0) is 14.4. The van der Waals surface area contributed by atoms with Gasteiger partial charge in [-0.1, -0.05) is 26.0 Å². The molecule has 0 bridgehead atoms. The predicted molar refractivity (Wildman–Crippen MR) is 84.2 cm³/mol. The minimum atomic E-state index is 0.416. The molecule has 1 aliphatic heterocycles. The summed E-state index contributed by atoms with van der Waals surface area (Å²) in [6.45, 7) is 9.11. The van der Waals surface area contributed by atoms with Gasteiger partial charge in [-0.15, -0.1) is 0 Å². The van der Waals surface area contributed by atoms with Gasteiger partial charge in [0.1, 0.15) is 5.75 Å². The van der Waals surface area contributed by atoms with Gasteiger partial charge >= 0.3 is 0 Å². The quantitative estimate of drug-likeness (QED) is 0.864. The van der Waals surface area contributed by atoms with Crippen LogP contribution in [0.25, 0.3) is 0 Å². The van der Waals surface area contributed by atoms with E-state index in [1.54, 1.807) is 7.11 Å². The molecule has 3 nitrogen and oxygen atoms in total. The first kappa shape index (κ1) is 15.3. The molecule has 1 heterocycles. The van der Waals surface area contributed by atoms with Crippen LogP contribution in [0.15, 0.2) is 24.3 Å². The Morgan fingerprint density at radius 3 is 2.45 bits per heavy atom. The molecule has 1 saturated heterocycles. The summed E-state index contributed by atoms with van der Waals surface area (Å²) in [6, 6.07) is 8.88.